The van der Waals surface area contributed by atoms with Crippen molar-refractivity contribution >= 4 is 23.2 Å². The zero-order valence-electron chi connectivity index (χ0n) is 15.4. The van der Waals surface area contributed by atoms with Crippen LogP contribution in [-0.4, -0.2) is 38.1 Å². The molecular formula is C20H26ClN3O2. The maximum Gasteiger partial charge on any atom is 0.229 e. The zero-order chi connectivity index (χ0) is 19.1. The highest BCUT2D eigenvalue weighted by Gasteiger charge is 2.22. The highest BCUT2D eigenvalue weighted by Crippen LogP contribution is 2.28. The van der Waals surface area contributed by atoms with Crippen LogP contribution in [0.25, 0.3) is 0 Å². The molecule has 0 saturated carbocycles. The number of benzene rings is 2. The Hall–Kier alpha value is -2.08. The summed E-state index contributed by atoms with van der Waals surface area (Å²) >= 11 is 6.25. The van der Waals surface area contributed by atoms with Crippen molar-refractivity contribution in [2.24, 2.45) is 11.7 Å². The third kappa shape index (κ3) is 5.73. The molecule has 0 bridgehead atoms. The van der Waals surface area contributed by atoms with Gasteiger partial charge in [0, 0.05) is 18.3 Å². The predicted octanol–water partition coefficient (Wildman–Crippen LogP) is 3.56. The summed E-state index contributed by atoms with van der Waals surface area (Å²) in [6.45, 7) is 3.15. The van der Waals surface area contributed by atoms with E-state index in [4.69, 9.17) is 22.1 Å². The molecule has 2 aromatic carbocycles. The minimum atomic E-state index is -0.382. The van der Waals surface area contributed by atoms with Gasteiger partial charge in [0.2, 0.25) is 5.91 Å². The van der Waals surface area contributed by atoms with Gasteiger partial charge in [0.1, 0.15) is 12.4 Å². The molecule has 0 aromatic heterocycles. The molecule has 1 amide bonds. The van der Waals surface area contributed by atoms with Gasteiger partial charge in [-0.05, 0) is 37.9 Å². The van der Waals surface area contributed by atoms with Crippen molar-refractivity contribution in [3.63, 3.8) is 0 Å². The molecule has 0 aliphatic heterocycles. The van der Waals surface area contributed by atoms with E-state index in [0.717, 1.165) is 12.1 Å². The first-order chi connectivity index (χ1) is 12.4. The van der Waals surface area contributed by atoms with Gasteiger partial charge >= 0.3 is 0 Å². The Labute approximate surface area is 160 Å². The Bertz CT molecular complexity index is 722. The lowest BCUT2D eigenvalue weighted by atomic mass is 9.94. The molecular weight excluding hydrogens is 350 g/mol. The number of halogens is 1. The lowest BCUT2D eigenvalue weighted by Crippen LogP contribution is -2.30. The van der Waals surface area contributed by atoms with Gasteiger partial charge in [0.05, 0.1) is 10.9 Å². The highest BCUT2D eigenvalue weighted by atomic mass is 35.5. The normalized spacial score (nSPS) is 13.3. The number of anilines is 1. The number of hydrogen-bond acceptors (Lipinski definition) is 4. The lowest BCUT2D eigenvalue weighted by molar-refractivity contribution is -0.120. The first-order valence-electron chi connectivity index (χ1n) is 8.57. The summed E-state index contributed by atoms with van der Waals surface area (Å²) in [6, 6.07) is 14.4. The van der Waals surface area contributed by atoms with E-state index in [1.165, 1.54) is 0 Å². The molecule has 2 rings (SSSR count). The number of amides is 1. The van der Waals surface area contributed by atoms with Crippen LogP contribution in [-0.2, 0) is 4.79 Å². The number of nitrogens with two attached hydrogens (primary N) is 1. The topological polar surface area (TPSA) is 67.6 Å². The van der Waals surface area contributed by atoms with Gasteiger partial charge in [-0.2, -0.15) is 0 Å². The zero-order valence-corrected chi connectivity index (χ0v) is 16.2. The SMILES string of the molecule is CC(C(=O)Nc1ccc(OCCN(C)C)c(Cl)c1)C(N)c1ccccc1. The fourth-order valence-corrected chi connectivity index (χ4v) is 2.65. The second-order valence-corrected chi connectivity index (χ2v) is 6.92. The Morgan fingerprint density at radius 3 is 2.54 bits per heavy atom. The van der Waals surface area contributed by atoms with E-state index in [0.29, 0.717) is 23.1 Å². The van der Waals surface area contributed by atoms with Crippen LogP contribution in [0.15, 0.2) is 48.5 Å². The maximum absolute atomic E-state index is 12.5. The predicted molar refractivity (Wildman–Crippen MR) is 107 cm³/mol. The largest absolute Gasteiger partial charge is 0.491 e. The number of likely N-dealkylation sites (N-methyl/N-ethyl adjacent to an activating group) is 1. The van der Waals surface area contributed by atoms with Gasteiger partial charge in [-0.15, -0.1) is 0 Å². The summed E-state index contributed by atoms with van der Waals surface area (Å²) in [5.41, 5.74) is 7.76. The number of ether oxygens (including phenoxy) is 1. The van der Waals surface area contributed by atoms with E-state index < -0.39 is 0 Å². The lowest BCUT2D eigenvalue weighted by Gasteiger charge is -2.20. The van der Waals surface area contributed by atoms with E-state index in [-0.39, 0.29) is 17.9 Å². The molecule has 0 saturated heterocycles. The van der Waals surface area contributed by atoms with Gasteiger partial charge in [-0.25, -0.2) is 0 Å². The summed E-state index contributed by atoms with van der Waals surface area (Å²) in [5.74, 6) is 0.0615. The monoisotopic (exact) mass is 375 g/mol. The Morgan fingerprint density at radius 1 is 1.23 bits per heavy atom. The van der Waals surface area contributed by atoms with Crippen molar-refractivity contribution in [2.75, 3.05) is 32.6 Å². The molecule has 0 heterocycles. The van der Waals surface area contributed by atoms with Crippen molar-refractivity contribution in [3.8, 4) is 5.75 Å². The van der Waals surface area contributed by atoms with Crippen LogP contribution in [0.4, 0.5) is 5.69 Å². The van der Waals surface area contributed by atoms with Crippen molar-refractivity contribution in [3.05, 3.63) is 59.1 Å². The minimum Gasteiger partial charge on any atom is -0.491 e. The second-order valence-electron chi connectivity index (χ2n) is 6.51. The smallest absolute Gasteiger partial charge is 0.229 e. The van der Waals surface area contributed by atoms with Crippen LogP contribution in [0.3, 0.4) is 0 Å². The summed E-state index contributed by atoms with van der Waals surface area (Å²) in [7, 11) is 3.95. The number of carbonyl (C=O) groups excluding carboxylic acids is 1. The fourth-order valence-electron chi connectivity index (χ4n) is 2.42. The third-order valence-electron chi connectivity index (χ3n) is 4.13. The first kappa shape index (κ1) is 20.2. The fraction of sp³-hybridized carbons (Fsp3) is 0.350. The van der Waals surface area contributed by atoms with Crippen LogP contribution in [0.2, 0.25) is 5.02 Å². The van der Waals surface area contributed by atoms with Crippen LogP contribution in [0.5, 0.6) is 5.75 Å². The molecule has 2 atom stereocenters. The number of carbonyl (C=O) groups is 1. The molecule has 0 radical (unpaired) electrons. The van der Waals surface area contributed by atoms with Gasteiger partial charge in [0.25, 0.3) is 0 Å². The van der Waals surface area contributed by atoms with Crippen LogP contribution in [0, 0.1) is 5.92 Å². The number of rotatable bonds is 8. The minimum absolute atomic E-state index is 0.154. The molecule has 2 unspecified atom stereocenters. The number of hydrogen-bond donors (Lipinski definition) is 2. The summed E-state index contributed by atoms with van der Waals surface area (Å²) in [5, 5.41) is 3.33. The number of nitrogens with zero attached hydrogens (tertiary/aromatic N) is 1. The van der Waals surface area contributed by atoms with Crippen molar-refractivity contribution in [1.82, 2.24) is 4.90 Å². The van der Waals surface area contributed by atoms with Crippen molar-refractivity contribution < 1.29 is 9.53 Å². The van der Waals surface area contributed by atoms with E-state index >= 15 is 0 Å². The van der Waals surface area contributed by atoms with Gasteiger partial charge in [-0.3, -0.25) is 4.79 Å². The van der Waals surface area contributed by atoms with Crippen molar-refractivity contribution in [2.45, 2.75) is 13.0 Å². The molecule has 0 fully saturated rings. The quantitative estimate of drug-likeness (QED) is 0.740. The van der Waals surface area contributed by atoms with E-state index in [9.17, 15) is 4.79 Å². The van der Waals surface area contributed by atoms with Gasteiger partial charge < -0.3 is 20.7 Å². The van der Waals surface area contributed by atoms with Gasteiger partial charge in [0.15, 0.2) is 0 Å². The molecule has 2 aromatic rings. The van der Waals surface area contributed by atoms with E-state index in [1.54, 1.807) is 18.2 Å². The molecule has 5 nitrogen and oxygen atoms in total. The standard InChI is InChI=1S/C20H26ClN3O2/c1-14(19(22)15-7-5-4-6-8-15)20(25)23-16-9-10-18(17(21)13-16)26-12-11-24(2)3/h4-10,13-14,19H,11-12,22H2,1-3H3,(H,23,25). The van der Waals surface area contributed by atoms with Crippen LogP contribution in [0.1, 0.15) is 18.5 Å². The first-order valence-corrected chi connectivity index (χ1v) is 8.94. The molecule has 0 aliphatic rings. The molecule has 6 heteroatoms. The maximum atomic E-state index is 12.5. The van der Waals surface area contributed by atoms with Crippen LogP contribution >= 0.6 is 11.6 Å². The molecule has 0 aliphatic carbocycles. The second kappa shape index (κ2) is 9.57. The Balaban J connectivity index is 1.97. The summed E-state index contributed by atoms with van der Waals surface area (Å²) in [6.07, 6.45) is 0. The Morgan fingerprint density at radius 2 is 1.92 bits per heavy atom. The molecule has 26 heavy (non-hydrogen) atoms. The van der Waals surface area contributed by atoms with Gasteiger partial charge in [-0.1, -0.05) is 48.9 Å². The summed E-state index contributed by atoms with van der Waals surface area (Å²) in [4.78, 5) is 14.5. The van der Waals surface area contributed by atoms with Crippen molar-refractivity contribution in [1.29, 1.82) is 0 Å². The highest BCUT2D eigenvalue weighted by molar-refractivity contribution is 6.32. The van der Waals surface area contributed by atoms with E-state index in [1.807, 2.05) is 56.3 Å². The van der Waals surface area contributed by atoms with Crippen LogP contribution < -0.4 is 15.8 Å². The average molecular weight is 376 g/mol. The third-order valence-corrected chi connectivity index (χ3v) is 4.43. The Kier molecular flexibility index (Phi) is 7.45. The molecule has 140 valence electrons. The van der Waals surface area contributed by atoms with E-state index in [2.05, 4.69) is 5.32 Å². The number of nitrogens with one attached hydrogen (secondary N) is 1. The average Bonchev–Trinajstić information content (AvgIpc) is 2.62. The summed E-state index contributed by atoms with van der Waals surface area (Å²) < 4.78 is 5.64. The molecule has 0 spiro atoms. The molecule has 3 N–H and O–H groups in total.